The van der Waals surface area contributed by atoms with E-state index in [2.05, 4.69) is 43.0 Å². The molecule has 2 heterocycles. The summed E-state index contributed by atoms with van der Waals surface area (Å²) in [6.07, 6.45) is 0.970. The SMILES string of the molecule is CC(=O)N1CCC(Nc2cc(C(C)C)nc(C(C)C)n2)C1. The van der Waals surface area contributed by atoms with Crippen LogP contribution >= 0.6 is 0 Å². The third-order valence-electron chi connectivity index (χ3n) is 3.86. The van der Waals surface area contributed by atoms with Crippen LogP contribution in [0.3, 0.4) is 0 Å². The number of hydrogen-bond acceptors (Lipinski definition) is 4. The zero-order chi connectivity index (χ0) is 15.6. The van der Waals surface area contributed by atoms with Gasteiger partial charge in [-0.05, 0) is 12.3 Å². The van der Waals surface area contributed by atoms with Crippen LogP contribution in [0.4, 0.5) is 5.82 Å². The third-order valence-corrected chi connectivity index (χ3v) is 3.86. The number of likely N-dealkylation sites (tertiary alicyclic amines) is 1. The Morgan fingerprint density at radius 1 is 1.29 bits per heavy atom. The lowest BCUT2D eigenvalue weighted by Gasteiger charge is -2.18. The minimum atomic E-state index is 0.146. The predicted molar refractivity (Wildman–Crippen MR) is 84.5 cm³/mol. The average molecular weight is 290 g/mol. The normalized spacial score (nSPS) is 18.6. The maximum atomic E-state index is 11.4. The van der Waals surface area contributed by atoms with E-state index in [9.17, 15) is 4.79 Å². The maximum Gasteiger partial charge on any atom is 0.219 e. The molecule has 0 aliphatic carbocycles. The van der Waals surface area contributed by atoms with Gasteiger partial charge in [0, 0.05) is 43.7 Å². The van der Waals surface area contributed by atoms with Crippen LogP contribution in [0.1, 0.15) is 64.4 Å². The fourth-order valence-electron chi connectivity index (χ4n) is 2.49. The van der Waals surface area contributed by atoms with Gasteiger partial charge in [0.05, 0.1) is 0 Å². The molecule has 1 aromatic heterocycles. The molecule has 21 heavy (non-hydrogen) atoms. The first-order valence-corrected chi connectivity index (χ1v) is 7.77. The minimum Gasteiger partial charge on any atom is -0.365 e. The summed E-state index contributed by atoms with van der Waals surface area (Å²) < 4.78 is 0. The van der Waals surface area contributed by atoms with E-state index in [0.717, 1.165) is 36.8 Å². The molecule has 0 spiro atoms. The monoisotopic (exact) mass is 290 g/mol. The highest BCUT2D eigenvalue weighted by atomic mass is 16.2. The van der Waals surface area contributed by atoms with Gasteiger partial charge in [-0.3, -0.25) is 4.79 Å². The number of aromatic nitrogens is 2. The van der Waals surface area contributed by atoms with Gasteiger partial charge in [0.1, 0.15) is 11.6 Å². The minimum absolute atomic E-state index is 0.146. The molecule has 1 fully saturated rings. The topological polar surface area (TPSA) is 58.1 Å². The van der Waals surface area contributed by atoms with Crippen molar-refractivity contribution >= 4 is 11.7 Å². The zero-order valence-electron chi connectivity index (χ0n) is 13.7. The fraction of sp³-hybridized carbons (Fsp3) is 0.688. The highest BCUT2D eigenvalue weighted by Gasteiger charge is 2.24. The van der Waals surface area contributed by atoms with Crippen LogP contribution in [0.2, 0.25) is 0 Å². The summed E-state index contributed by atoms with van der Waals surface area (Å²) in [4.78, 5) is 22.5. The number of carbonyl (C=O) groups is 1. The van der Waals surface area contributed by atoms with Crippen molar-refractivity contribution < 1.29 is 4.79 Å². The Bertz CT molecular complexity index is 487. The van der Waals surface area contributed by atoms with Gasteiger partial charge in [0.2, 0.25) is 5.91 Å². The summed E-state index contributed by atoms with van der Waals surface area (Å²) in [5.74, 6) is 2.59. The molecule has 1 saturated heterocycles. The van der Waals surface area contributed by atoms with E-state index in [4.69, 9.17) is 0 Å². The molecule has 1 aromatic rings. The number of anilines is 1. The van der Waals surface area contributed by atoms with Crippen molar-refractivity contribution in [3.05, 3.63) is 17.6 Å². The molecular formula is C16H26N4O. The summed E-state index contributed by atoms with van der Waals surface area (Å²) in [5, 5.41) is 3.47. The number of hydrogen-bond donors (Lipinski definition) is 1. The van der Waals surface area contributed by atoms with Gasteiger partial charge in [0.25, 0.3) is 0 Å². The van der Waals surface area contributed by atoms with Crippen LogP contribution in [0.25, 0.3) is 0 Å². The van der Waals surface area contributed by atoms with Crippen molar-refractivity contribution in [1.29, 1.82) is 0 Å². The molecule has 1 N–H and O–H groups in total. The molecule has 2 rings (SSSR count). The second kappa shape index (κ2) is 6.41. The number of carbonyl (C=O) groups excluding carboxylic acids is 1. The van der Waals surface area contributed by atoms with Crippen molar-refractivity contribution in [2.45, 2.75) is 58.9 Å². The van der Waals surface area contributed by atoms with Gasteiger partial charge in [0.15, 0.2) is 0 Å². The zero-order valence-corrected chi connectivity index (χ0v) is 13.7. The molecule has 5 heteroatoms. The number of rotatable bonds is 4. The van der Waals surface area contributed by atoms with Crippen LogP contribution in [0, 0.1) is 0 Å². The lowest BCUT2D eigenvalue weighted by atomic mass is 10.1. The van der Waals surface area contributed by atoms with Crippen LogP contribution in [-0.4, -0.2) is 39.9 Å². The van der Waals surface area contributed by atoms with Gasteiger partial charge in [-0.15, -0.1) is 0 Å². The van der Waals surface area contributed by atoms with E-state index in [-0.39, 0.29) is 11.9 Å². The molecule has 1 aliphatic heterocycles. The van der Waals surface area contributed by atoms with E-state index in [1.807, 2.05) is 11.0 Å². The molecule has 0 saturated carbocycles. The highest BCUT2D eigenvalue weighted by molar-refractivity contribution is 5.73. The Kier molecular flexibility index (Phi) is 4.80. The van der Waals surface area contributed by atoms with E-state index in [0.29, 0.717) is 11.8 Å². The van der Waals surface area contributed by atoms with E-state index in [1.165, 1.54) is 0 Å². The van der Waals surface area contributed by atoms with Gasteiger partial charge in [-0.25, -0.2) is 9.97 Å². The Labute approximate surface area is 127 Å². The fourth-order valence-corrected chi connectivity index (χ4v) is 2.49. The molecule has 116 valence electrons. The first-order chi connectivity index (χ1) is 9.86. The Morgan fingerprint density at radius 2 is 2.00 bits per heavy atom. The number of amides is 1. The van der Waals surface area contributed by atoms with Crippen molar-refractivity contribution in [3.8, 4) is 0 Å². The highest BCUT2D eigenvalue weighted by Crippen LogP contribution is 2.21. The van der Waals surface area contributed by atoms with E-state index >= 15 is 0 Å². The van der Waals surface area contributed by atoms with E-state index < -0.39 is 0 Å². The van der Waals surface area contributed by atoms with Crippen molar-refractivity contribution in [3.63, 3.8) is 0 Å². The first-order valence-electron chi connectivity index (χ1n) is 7.77. The summed E-state index contributed by atoms with van der Waals surface area (Å²) >= 11 is 0. The molecule has 0 radical (unpaired) electrons. The summed E-state index contributed by atoms with van der Waals surface area (Å²) in [7, 11) is 0. The van der Waals surface area contributed by atoms with Crippen molar-refractivity contribution in [1.82, 2.24) is 14.9 Å². The van der Waals surface area contributed by atoms with Crippen molar-refractivity contribution in [2.24, 2.45) is 0 Å². The first kappa shape index (κ1) is 15.7. The standard InChI is InChI=1S/C16H26N4O/c1-10(2)14-8-15(19-16(18-14)11(3)4)17-13-6-7-20(9-13)12(5)21/h8,10-11,13H,6-7,9H2,1-5H3,(H,17,18,19). The molecule has 0 bridgehead atoms. The predicted octanol–water partition coefficient (Wildman–Crippen LogP) is 2.76. The Hall–Kier alpha value is -1.65. The van der Waals surface area contributed by atoms with Gasteiger partial charge < -0.3 is 10.2 Å². The van der Waals surface area contributed by atoms with Crippen LogP contribution in [-0.2, 0) is 4.79 Å². The second-order valence-electron chi connectivity index (χ2n) is 6.44. The molecule has 5 nitrogen and oxygen atoms in total. The van der Waals surface area contributed by atoms with Gasteiger partial charge in [-0.1, -0.05) is 27.7 Å². The molecule has 0 aromatic carbocycles. The molecule has 1 amide bonds. The lowest BCUT2D eigenvalue weighted by Crippen LogP contribution is -2.30. The van der Waals surface area contributed by atoms with E-state index in [1.54, 1.807) is 6.92 Å². The van der Waals surface area contributed by atoms with Crippen LogP contribution < -0.4 is 5.32 Å². The number of nitrogens with zero attached hydrogens (tertiary/aromatic N) is 3. The summed E-state index contributed by atoms with van der Waals surface area (Å²) in [6, 6.07) is 2.32. The average Bonchev–Trinajstić information content (AvgIpc) is 2.87. The smallest absolute Gasteiger partial charge is 0.219 e. The summed E-state index contributed by atoms with van der Waals surface area (Å²) in [6.45, 7) is 11.7. The summed E-state index contributed by atoms with van der Waals surface area (Å²) in [5.41, 5.74) is 1.07. The Morgan fingerprint density at radius 3 is 2.52 bits per heavy atom. The molecule has 1 atom stereocenters. The van der Waals surface area contributed by atoms with Crippen LogP contribution in [0.15, 0.2) is 6.07 Å². The largest absolute Gasteiger partial charge is 0.365 e. The maximum absolute atomic E-state index is 11.4. The lowest BCUT2D eigenvalue weighted by molar-refractivity contribution is -0.127. The van der Waals surface area contributed by atoms with Crippen LogP contribution in [0.5, 0.6) is 0 Å². The second-order valence-corrected chi connectivity index (χ2v) is 6.44. The Balaban J connectivity index is 2.14. The van der Waals surface area contributed by atoms with Gasteiger partial charge in [-0.2, -0.15) is 0 Å². The van der Waals surface area contributed by atoms with Crippen molar-refractivity contribution in [2.75, 3.05) is 18.4 Å². The molecule has 1 unspecified atom stereocenters. The third kappa shape index (κ3) is 3.93. The molecular weight excluding hydrogens is 264 g/mol. The number of nitrogens with one attached hydrogen (secondary N) is 1. The molecule has 1 aliphatic rings. The van der Waals surface area contributed by atoms with Gasteiger partial charge >= 0.3 is 0 Å². The quantitative estimate of drug-likeness (QED) is 0.926.